The minimum Gasteiger partial charge on any atom is -0.291 e. The number of hydrogen-bond acceptors (Lipinski definition) is 4. The molecule has 2 rings (SSSR count). The Bertz CT molecular complexity index is 738. The first-order valence-corrected chi connectivity index (χ1v) is 9.15. The molecular weight excluding hydrogens is 312 g/mol. The second kappa shape index (κ2) is 7.10. The van der Waals surface area contributed by atoms with E-state index in [2.05, 4.69) is 17.4 Å². The molecule has 2 atom stereocenters. The van der Waals surface area contributed by atoms with Crippen molar-refractivity contribution < 1.29 is 13.2 Å². The van der Waals surface area contributed by atoms with Gasteiger partial charge in [0.05, 0.1) is 16.7 Å². The van der Waals surface area contributed by atoms with Crippen molar-refractivity contribution >= 4 is 21.8 Å². The zero-order valence-corrected chi connectivity index (χ0v) is 14.2. The van der Waals surface area contributed by atoms with E-state index in [9.17, 15) is 13.2 Å². The molecule has 1 saturated heterocycles. The molecule has 124 valence electrons. The Labute approximate surface area is 137 Å². The summed E-state index contributed by atoms with van der Waals surface area (Å²) in [6, 6.07) is 6.89. The summed E-state index contributed by atoms with van der Waals surface area (Å²) in [5, 5.41) is 0. The lowest BCUT2D eigenvalue weighted by atomic mass is 9.90. The van der Waals surface area contributed by atoms with Crippen LogP contribution in [-0.2, 0) is 14.6 Å². The molecule has 2 unspecified atom stereocenters. The van der Waals surface area contributed by atoms with Crippen molar-refractivity contribution in [1.29, 1.82) is 0 Å². The van der Waals surface area contributed by atoms with Gasteiger partial charge in [-0.1, -0.05) is 42.8 Å². The summed E-state index contributed by atoms with van der Waals surface area (Å²) in [5.41, 5.74) is 7.24. The van der Waals surface area contributed by atoms with E-state index in [1.54, 1.807) is 18.2 Å². The monoisotopic (exact) mass is 334 g/mol. The van der Waals surface area contributed by atoms with Gasteiger partial charge in [-0.25, -0.2) is 13.8 Å². The SMILES string of the molecule is C=CCS(=O)(=O)c1ccccc1/C=C(\C)C1NNC(=O)CC1C. The van der Waals surface area contributed by atoms with Gasteiger partial charge in [0.2, 0.25) is 5.91 Å². The third-order valence-electron chi connectivity index (χ3n) is 3.91. The van der Waals surface area contributed by atoms with Gasteiger partial charge in [-0.05, 0) is 24.5 Å². The molecule has 1 fully saturated rings. The van der Waals surface area contributed by atoms with Gasteiger partial charge in [-0.3, -0.25) is 10.2 Å². The van der Waals surface area contributed by atoms with Gasteiger partial charge < -0.3 is 0 Å². The van der Waals surface area contributed by atoms with Gasteiger partial charge >= 0.3 is 0 Å². The Morgan fingerprint density at radius 3 is 2.74 bits per heavy atom. The van der Waals surface area contributed by atoms with Gasteiger partial charge in [0, 0.05) is 6.42 Å². The summed E-state index contributed by atoms with van der Waals surface area (Å²) in [6.45, 7) is 7.43. The molecule has 5 nitrogen and oxygen atoms in total. The number of amides is 1. The van der Waals surface area contributed by atoms with Gasteiger partial charge in [0.15, 0.2) is 9.84 Å². The molecule has 6 heteroatoms. The Hall–Kier alpha value is -1.92. The maximum atomic E-state index is 12.3. The molecule has 1 aromatic rings. The summed E-state index contributed by atoms with van der Waals surface area (Å²) in [5.74, 6) is 0.0119. The number of sulfone groups is 1. The molecule has 0 saturated carbocycles. The van der Waals surface area contributed by atoms with Gasteiger partial charge in [0.25, 0.3) is 0 Å². The van der Waals surface area contributed by atoms with E-state index in [0.717, 1.165) is 5.57 Å². The molecule has 0 radical (unpaired) electrons. The first kappa shape index (κ1) is 17.4. The summed E-state index contributed by atoms with van der Waals surface area (Å²) < 4.78 is 24.7. The second-order valence-electron chi connectivity index (χ2n) is 5.85. The third-order valence-corrected chi connectivity index (χ3v) is 5.63. The number of hydrogen-bond donors (Lipinski definition) is 2. The number of nitrogens with one attached hydrogen (secondary N) is 2. The van der Waals surface area contributed by atoms with Crippen LogP contribution in [0.25, 0.3) is 6.08 Å². The van der Waals surface area contributed by atoms with Crippen LogP contribution in [0.1, 0.15) is 25.8 Å². The first-order valence-electron chi connectivity index (χ1n) is 7.50. The Kier molecular flexibility index (Phi) is 5.38. The quantitative estimate of drug-likeness (QED) is 0.809. The van der Waals surface area contributed by atoms with E-state index in [0.29, 0.717) is 16.9 Å². The van der Waals surface area contributed by atoms with Gasteiger partial charge in [-0.15, -0.1) is 6.58 Å². The average Bonchev–Trinajstić information content (AvgIpc) is 2.47. The van der Waals surface area contributed by atoms with Crippen LogP contribution in [0.5, 0.6) is 0 Å². The Morgan fingerprint density at radius 2 is 2.09 bits per heavy atom. The molecule has 1 heterocycles. The number of carbonyl (C=O) groups is 1. The number of hydrazine groups is 1. The van der Waals surface area contributed by atoms with Crippen molar-refractivity contribution in [3.63, 3.8) is 0 Å². The highest BCUT2D eigenvalue weighted by Crippen LogP contribution is 2.24. The van der Waals surface area contributed by atoms with Crippen LogP contribution in [0.4, 0.5) is 0 Å². The molecule has 2 N–H and O–H groups in total. The van der Waals surface area contributed by atoms with Crippen LogP contribution in [0, 0.1) is 5.92 Å². The Balaban J connectivity index is 2.36. The lowest BCUT2D eigenvalue weighted by Crippen LogP contribution is -2.53. The standard InChI is InChI=1S/C17H22N2O3S/c1-4-9-23(21,22)15-8-6-5-7-14(15)10-12(2)17-13(3)11-16(20)18-19-17/h4-8,10,13,17,19H,1,9,11H2,2-3H3,(H,18,20)/b12-10+. The number of benzene rings is 1. The average molecular weight is 334 g/mol. The van der Waals surface area contributed by atoms with E-state index >= 15 is 0 Å². The molecule has 1 aliphatic rings. The first-order chi connectivity index (χ1) is 10.8. The van der Waals surface area contributed by atoms with Crippen LogP contribution in [0.15, 0.2) is 47.4 Å². The highest BCUT2D eigenvalue weighted by atomic mass is 32.2. The summed E-state index contributed by atoms with van der Waals surface area (Å²) in [6.07, 6.45) is 3.70. The minimum atomic E-state index is -3.39. The van der Waals surface area contributed by atoms with Crippen molar-refractivity contribution in [2.75, 3.05) is 5.75 Å². The fourth-order valence-electron chi connectivity index (χ4n) is 2.79. The summed E-state index contributed by atoms with van der Waals surface area (Å²) in [4.78, 5) is 11.7. The lowest BCUT2D eigenvalue weighted by molar-refractivity contribution is -0.125. The van der Waals surface area contributed by atoms with E-state index < -0.39 is 9.84 Å². The maximum Gasteiger partial charge on any atom is 0.234 e. The number of carbonyl (C=O) groups excluding carboxylic acids is 1. The topological polar surface area (TPSA) is 75.3 Å². The molecule has 0 bridgehead atoms. The molecular formula is C17H22N2O3S. The van der Waals surface area contributed by atoms with Crippen LogP contribution in [0.2, 0.25) is 0 Å². The van der Waals surface area contributed by atoms with E-state index in [4.69, 9.17) is 0 Å². The maximum absolute atomic E-state index is 12.3. The van der Waals surface area contributed by atoms with Crippen molar-refractivity contribution in [3.8, 4) is 0 Å². The zero-order chi connectivity index (χ0) is 17.0. The summed E-state index contributed by atoms with van der Waals surface area (Å²) in [7, 11) is -3.39. The smallest absolute Gasteiger partial charge is 0.234 e. The molecule has 23 heavy (non-hydrogen) atoms. The van der Waals surface area contributed by atoms with Crippen LogP contribution >= 0.6 is 0 Å². The largest absolute Gasteiger partial charge is 0.291 e. The van der Waals surface area contributed by atoms with Gasteiger partial charge in [0.1, 0.15) is 0 Å². The van der Waals surface area contributed by atoms with Gasteiger partial charge in [-0.2, -0.15) is 0 Å². The van der Waals surface area contributed by atoms with Crippen molar-refractivity contribution in [3.05, 3.63) is 48.1 Å². The lowest BCUT2D eigenvalue weighted by Gasteiger charge is -2.30. The summed E-state index contributed by atoms with van der Waals surface area (Å²) >= 11 is 0. The molecule has 1 aromatic carbocycles. The zero-order valence-electron chi connectivity index (χ0n) is 13.4. The highest BCUT2D eigenvalue weighted by molar-refractivity contribution is 7.91. The fraction of sp³-hybridized carbons (Fsp3) is 0.353. The molecule has 1 amide bonds. The third kappa shape index (κ3) is 4.09. The van der Waals surface area contributed by atoms with Crippen LogP contribution in [0.3, 0.4) is 0 Å². The number of rotatable bonds is 5. The Morgan fingerprint density at radius 1 is 1.39 bits per heavy atom. The molecule has 0 spiro atoms. The highest BCUT2D eigenvalue weighted by Gasteiger charge is 2.26. The fourth-order valence-corrected chi connectivity index (χ4v) is 4.05. The molecule has 0 aromatic heterocycles. The van der Waals surface area contributed by atoms with E-state index in [1.165, 1.54) is 6.08 Å². The predicted molar refractivity (Wildman–Crippen MR) is 91.2 cm³/mol. The molecule has 1 aliphatic heterocycles. The van der Waals surface area contributed by atoms with Crippen molar-refractivity contribution in [2.45, 2.75) is 31.2 Å². The van der Waals surface area contributed by atoms with Crippen LogP contribution in [-0.4, -0.2) is 26.1 Å². The second-order valence-corrected chi connectivity index (χ2v) is 7.85. The molecule has 0 aliphatic carbocycles. The minimum absolute atomic E-state index is 0.0251. The van der Waals surface area contributed by atoms with Crippen LogP contribution < -0.4 is 10.9 Å². The normalized spacial score (nSPS) is 22.5. The van der Waals surface area contributed by atoms with Crippen molar-refractivity contribution in [1.82, 2.24) is 10.9 Å². The predicted octanol–water partition coefficient (Wildman–Crippen LogP) is 2.08. The van der Waals surface area contributed by atoms with E-state index in [-0.39, 0.29) is 23.6 Å². The van der Waals surface area contributed by atoms with E-state index in [1.807, 2.05) is 26.0 Å². The van der Waals surface area contributed by atoms with Crippen molar-refractivity contribution in [2.24, 2.45) is 5.92 Å².